The van der Waals surface area contributed by atoms with Crippen molar-refractivity contribution in [2.45, 2.75) is 89.3 Å². The molecule has 3 aromatic rings. The van der Waals surface area contributed by atoms with E-state index in [-0.39, 0.29) is 66.4 Å². The Morgan fingerprint density at radius 3 is 2.30 bits per heavy atom. The third kappa shape index (κ3) is 6.54. The van der Waals surface area contributed by atoms with Gasteiger partial charge >= 0.3 is 12.4 Å². The maximum Gasteiger partial charge on any atom is 0.406 e. The molecule has 0 N–H and O–H groups in total. The van der Waals surface area contributed by atoms with E-state index in [4.69, 9.17) is 9.15 Å². The van der Waals surface area contributed by atoms with E-state index >= 15 is 0 Å². The highest BCUT2D eigenvalue weighted by molar-refractivity contribution is 7.18. The first-order valence-electron chi connectivity index (χ1n) is 13.0. The van der Waals surface area contributed by atoms with Gasteiger partial charge in [0.2, 0.25) is 5.89 Å². The summed E-state index contributed by atoms with van der Waals surface area (Å²) < 4.78 is 121. The number of halogens is 8. The number of rotatable bonds is 9. The number of hydrogen-bond acceptors (Lipinski definition) is 8. The van der Waals surface area contributed by atoms with Crippen molar-refractivity contribution < 1.29 is 49.1 Å². The molecule has 0 unspecified atom stereocenters. The number of alkyl halides is 8. The number of carbonyl (C=O) groups excluding carboxylic acids is 1. The molecular formula is C27H28F8N4O3S. The molecule has 1 fully saturated rings. The molecule has 16 heteroatoms. The largest absolute Gasteiger partial charge is 0.461 e. The summed E-state index contributed by atoms with van der Waals surface area (Å²) >= 11 is 0.977. The SMILES string of the molecule is Cc1cc(C(C)(C(F)(F)F)C(F)(F)F)ccc1-c1sc(-c2nnc(CC(C)(C)OC=O)o2)nc1CN1CC(F)(F)C[C@@H]1C. The Kier molecular flexibility index (Phi) is 8.45. The monoisotopic (exact) mass is 640 g/mol. The number of ether oxygens (including phenoxy) is 1. The third-order valence-electron chi connectivity index (χ3n) is 7.48. The van der Waals surface area contributed by atoms with Gasteiger partial charge in [-0.05, 0) is 51.3 Å². The van der Waals surface area contributed by atoms with Crippen molar-refractivity contribution in [1.29, 1.82) is 0 Å². The predicted octanol–water partition coefficient (Wildman–Crippen LogP) is 7.27. The standard InChI is InChI=1S/C27H28F8N4O3S/c1-14-8-16(24(5,26(30,31)32)27(33,34)35)6-7-17(14)20-18(11-39-12-25(28,29)9-15(39)2)36-22(43-20)21-38-37-19(42-21)10-23(3,4)41-13-40/h6-8,13,15H,9-12H2,1-5H3/t15-/m0/s1. The molecule has 1 aromatic carbocycles. The summed E-state index contributed by atoms with van der Waals surface area (Å²) in [5, 5.41) is 8.08. The summed E-state index contributed by atoms with van der Waals surface area (Å²) in [6, 6.07) is 2.21. The van der Waals surface area contributed by atoms with E-state index < -0.39 is 47.4 Å². The lowest BCUT2D eigenvalue weighted by molar-refractivity contribution is -0.297. The van der Waals surface area contributed by atoms with Gasteiger partial charge in [0, 0.05) is 19.0 Å². The molecule has 0 radical (unpaired) electrons. The van der Waals surface area contributed by atoms with Crippen LogP contribution in [0.2, 0.25) is 0 Å². The van der Waals surface area contributed by atoms with E-state index in [2.05, 4.69) is 15.2 Å². The van der Waals surface area contributed by atoms with Crippen LogP contribution in [0.5, 0.6) is 0 Å². The highest BCUT2D eigenvalue weighted by Gasteiger charge is 2.68. The topological polar surface area (TPSA) is 81.3 Å². The zero-order valence-corrected chi connectivity index (χ0v) is 24.5. The summed E-state index contributed by atoms with van der Waals surface area (Å²) in [5.41, 5.74) is -5.46. The predicted molar refractivity (Wildman–Crippen MR) is 139 cm³/mol. The second-order valence-electron chi connectivity index (χ2n) is 11.4. The van der Waals surface area contributed by atoms with E-state index in [1.54, 1.807) is 20.8 Å². The Hall–Kier alpha value is -3.14. The first-order chi connectivity index (χ1) is 19.7. The molecule has 0 aliphatic carbocycles. The fourth-order valence-corrected chi connectivity index (χ4v) is 5.99. The normalized spacial score (nSPS) is 18.3. The van der Waals surface area contributed by atoms with Gasteiger partial charge in [-0.3, -0.25) is 9.69 Å². The second-order valence-corrected chi connectivity index (χ2v) is 12.4. The van der Waals surface area contributed by atoms with Crippen molar-refractivity contribution in [2.24, 2.45) is 0 Å². The highest BCUT2D eigenvalue weighted by atomic mass is 32.1. The maximum absolute atomic E-state index is 14.1. The molecule has 1 atom stereocenters. The molecule has 0 saturated carbocycles. The first kappa shape index (κ1) is 32.8. The van der Waals surface area contributed by atoms with Crippen LogP contribution in [0.15, 0.2) is 22.6 Å². The molecule has 1 aliphatic heterocycles. The number of carbonyl (C=O) groups is 1. The van der Waals surface area contributed by atoms with E-state index in [9.17, 15) is 39.9 Å². The smallest absolute Gasteiger partial charge is 0.406 e. The van der Waals surface area contributed by atoms with Crippen molar-refractivity contribution in [2.75, 3.05) is 6.54 Å². The fraction of sp³-hybridized carbons (Fsp3) is 0.556. The Balaban J connectivity index is 1.78. The zero-order valence-electron chi connectivity index (χ0n) is 23.7. The fourth-order valence-electron chi connectivity index (χ4n) is 4.91. The molecule has 0 spiro atoms. The Morgan fingerprint density at radius 2 is 1.77 bits per heavy atom. The van der Waals surface area contributed by atoms with E-state index in [0.717, 1.165) is 29.5 Å². The molecule has 0 amide bonds. The van der Waals surface area contributed by atoms with Crippen molar-refractivity contribution in [3.8, 4) is 21.3 Å². The zero-order chi connectivity index (χ0) is 32.2. The molecule has 7 nitrogen and oxygen atoms in total. The average Bonchev–Trinajstić information content (AvgIpc) is 3.54. The van der Waals surface area contributed by atoms with Crippen LogP contribution < -0.4 is 0 Å². The summed E-state index contributed by atoms with van der Waals surface area (Å²) in [5.74, 6) is -2.88. The summed E-state index contributed by atoms with van der Waals surface area (Å²) in [6.45, 7) is 5.95. The minimum Gasteiger partial charge on any atom is -0.461 e. The van der Waals surface area contributed by atoms with Gasteiger partial charge in [-0.15, -0.1) is 21.5 Å². The maximum atomic E-state index is 14.1. The van der Waals surface area contributed by atoms with Crippen LogP contribution >= 0.6 is 11.3 Å². The summed E-state index contributed by atoms with van der Waals surface area (Å²) in [4.78, 5) is 17.1. The number of aryl methyl sites for hydroxylation is 1. The van der Waals surface area contributed by atoms with Crippen LogP contribution in [0.1, 0.15) is 56.8 Å². The molecule has 3 heterocycles. The molecular weight excluding hydrogens is 612 g/mol. The van der Waals surface area contributed by atoms with Crippen LogP contribution in [-0.4, -0.2) is 63.0 Å². The number of benzene rings is 1. The van der Waals surface area contributed by atoms with Gasteiger partial charge in [0.1, 0.15) is 5.60 Å². The number of hydrogen-bond donors (Lipinski definition) is 0. The minimum atomic E-state index is -5.62. The highest BCUT2D eigenvalue weighted by Crippen LogP contribution is 2.52. The number of likely N-dealkylation sites (tertiary alicyclic amines) is 1. The van der Waals surface area contributed by atoms with Gasteiger partial charge < -0.3 is 9.15 Å². The van der Waals surface area contributed by atoms with Gasteiger partial charge in [0.05, 0.1) is 23.5 Å². The first-order valence-corrected chi connectivity index (χ1v) is 13.8. The Labute approximate surface area is 245 Å². The minimum absolute atomic E-state index is 0.0507. The molecule has 2 aromatic heterocycles. The van der Waals surface area contributed by atoms with Gasteiger partial charge in [0.25, 0.3) is 18.3 Å². The van der Waals surface area contributed by atoms with Crippen LogP contribution in [0.25, 0.3) is 21.3 Å². The van der Waals surface area contributed by atoms with Crippen molar-refractivity contribution in [1.82, 2.24) is 20.1 Å². The third-order valence-corrected chi connectivity index (χ3v) is 8.60. The lowest BCUT2D eigenvalue weighted by atomic mass is 9.79. The quantitative estimate of drug-likeness (QED) is 0.180. The number of thiazole rings is 1. The van der Waals surface area contributed by atoms with Crippen LogP contribution in [0.4, 0.5) is 35.1 Å². The summed E-state index contributed by atoms with van der Waals surface area (Å²) in [6.07, 6.45) is -11.6. The van der Waals surface area contributed by atoms with Crippen molar-refractivity contribution in [3.05, 3.63) is 40.9 Å². The van der Waals surface area contributed by atoms with Gasteiger partial charge in [-0.1, -0.05) is 18.2 Å². The molecule has 43 heavy (non-hydrogen) atoms. The Morgan fingerprint density at radius 1 is 1.12 bits per heavy atom. The van der Waals surface area contributed by atoms with Crippen LogP contribution in [0, 0.1) is 6.92 Å². The van der Waals surface area contributed by atoms with E-state index in [0.29, 0.717) is 4.88 Å². The van der Waals surface area contributed by atoms with Crippen LogP contribution in [0.3, 0.4) is 0 Å². The van der Waals surface area contributed by atoms with Gasteiger partial charge in [0.15, 0.2) is 10.4 Å². The molecule has 1 saturated heterocycles. The van der Waals surface area contributed by atoms with Gasteiger partial charge in [-0.25, -0.2) is 13.8 Å². The Bertz CT molecular complexity index is 1470. The van der Waals surface area contributed by atoms with E-state index in [1.807, 2.05) is 0 Å². The molecule has 1 aliphatic rings. The summed E-state index contributed by atoms with van der Waals surface area (Å²) in [7, 11) is 0. The number of aromatic nitrogens is 3. The average molecular weight is 641 g/mol. The molecule has 4 rings (SSSR count). The lowest BCUT2D eigenvalue weighted by Gasteiger charge is -2.34. The van der Waals surface area contributed by atoms with Crippen LogP contribution in [-0.2, 0) is 27.9 Å². The molecule has 0 bridgehead atoms. The number of nitrogens with zero attached hydrogens (tertiary/aromatic N) is 4. The van der Waals surface area contributed by atoms with Crippen molar-refractivity contribution in [3.63, 3.8) is 0 Å². The van der Waals surface area contributed by atoms with E-state index in [1.165, 1.54) is 11.8 Å². The lowest BCUT2D eigenvalue weighted by Crippen LogP contribution is -2.51. The van der Waals surface area contributed by atoms with Crippen molar-refractivity contribution >= 4 is 17.8 Å². The second kappa shape index (κ2) is 11.1. The molecule has 236 valence electrons. The van der Waals surface area contributed by atoms with Gasteiger partial charge in [-0.2, -0.15) is 26.3 Å².